The Morgan fingerprint density at radius 2 is 2.06 bits per heavy atom. The van der Waals surface area contributed by atoms with Crippen molar-refractivity contribution >= 4 is 22.4 Å². The van der Waals surface area contributed by atoms with Gasteiger partial charge in [-0.15, -0.1) is 0 Å². The van der Waals surface area contributed by atoms with Crippen LogP contribution in [0.1, 0.15) is 6.92 Å². The highest BCUT2D eigenvalue weighted by Crippen LogP contribution is 2.14. The minimum absolute atomic E-state index is 0.0342. The maximum atomic E-state index is 11.6. The molecule has 0 saturated heterocycles. The highest BCUT2D eigenvalue weighted by molar-refractivity contribution is 7.85. The number of nitrogens with two attached hydrogens (primary N) is 1. The molecule has 0 aliphatic carbocycles. The Morgan fingerprint density at radius 3 is 2.56 bits per heavy atom. The van der Waals surface area contributed by atoms with E-state index < -0.39 is 10.8 Å². The molecule has 2 atom stereocenters. The first-order chi connectivity index (χ1) is 8.51. The van der Waals surface area contributed by atoms with Crippen LogP contribution in [0.2, 0.25) is 0 Å². The molecule has 1 aromatic rings. The van der Waals surface area contributed by atoms with Crippen molar-refractivity contribution in [2.45, 2.75) is 13.0 Å². The third-order valence-corrected chi connectivity index (χ3v) is 3.60. The predicted molar refractivity (Wildman–Crippen MR) is 73.1 cm³/mol. The summed E-state index contributed by atoms with van der Waals surface area (Å²) in [5.74, 6) is 0.733. The number of benzene rings is 1. The molecule has 3 N–H and O–H groups in total. The van der Waals surface area contributed by atoms with Gasteiger partial charge in [0.05, 0.1) is 7.11 Å². The number of methoxy groups -OCH3 is 1. The second kappa shape index (κ2) is 7.13. The molecule has 0 spiro atoms. The Kier molecular flexibility index (Phi) is 5.80. The van der Waals surface area contributed by atoms with Gasteiger partial charge in [0.25, 0.3) is 0 Å². The van der Waals surface area contributed by atoms with Gasteiger partial charge in [-0.05, 0) is 31.2 Å². The summed E-state index contributed by atoms with van der Waals surface area (Å²) in [6, 6.07) is 6.78. The maximum absolute atomic E-state index is 11.6. The van der Waals surface area contributed by atoms with Gasteiger partial charge in [-0.1, -0.05) is 0 Å². The van der Waals surface area contributed by atoms with Crippen LogP contribution in [0, 0.1) is 0 Å². The predicted octanol–water partition coefficient (Wildman–Crippen LogP) is 0.730. The summed E-state index contributed by atoms with van der Waals surface area (Å²) in [5, 5.41) is 2.67. The van der Waals surface area contributed by atoms with Crippen LogP contribution in [-0.2, 0) is 15.6 Å². The van der Waals surface area contributed by atoms with E-state index in [0.717, 1.165) is 0 Å². The fourth-order valence-corrected chi connectivity index (χ4v) is 2.44. The third-order valence-electron chi connectivity index (χ3n) is 2.11. The van der Waals surface area contributed by atoms with Crippen LogP contribution in [0.25, 0.3) is 0 Å². The lowest BCUT2D eigenvalue weighted by Crippen LogP contribution is -2.28. The standard InChI is InChI=1S/C12H18N2O3S/c1-9(13)7-18(16)8-12(15)14-10-3-5-11(17-2)6-4-10/h3-6,9H,7-8,13H2,1-2H3,(H,14,15). The van der Waals surface area contributed by atoms with Gasteiger partial charge in [0.15, 0.2) is 0 Å². The zero-order chi connectivity index (χ0) is 13.5. The molecule has 0 radical (unpaired) electrons. The van der Waals surface area contributed by atoms with Gasteiger partial charge in [-0.2, -0.15) is 0 Å². The normalized spacial score (nSPS) is 13.7. The quantitative estimate of drug-likeness (QED) is 0.798. The summed E-state index contributed by atoms with van der Waals surface area (Å²) in [4.78, 5) is 11.6. The largest absolute Gasteiger partial charge is 0.497 e. The van der Waals surface area contributed by atoms with E-state index >= 15 is 0 Å². The number of anilines is 1. The van der Waals surface area contributed by atoms with E-state index in [1.54, 1.807) is 38.3 Å². The number of carbonyl (C=O) groups is 1. The number of hydrogen-bond donors (Lipinski definition) is 2. The Morgan fingerprint density at radius 1 is 1.44 bits per heavy atom. The number of nitrogens with one attached hydrogen (secondary N) is 1. The van der Waals surface area contributed by atoms with Gasteiger partial charge < -0.3 is 15.8 Å². The van der Waals surface area contributed by atoms with Crippen molar-refractivity contribution in [1.82, 2.24) is 0 Å². The summed E-state index contributed by atoms with van der Waals surface area (Å²) in [6.45, 7) is 1.76. The zero-order valence-corrected chi connectivity index (χ0v) is 11.3. The average Bonchev–Trinajstić information content (AvgIpc) is 2.28. The van der Waals surface area contributed by atoms with E-state index in [4.69, 9.17) is 10.5 Å². The monoisotopic (exact) mass is 270 g/mol. The third kappa shape index (κ3) is 5.29. The molecule has 0 aliphatic heterocycles. The van der Waals surface area contributed by atoms with Crippen LogP contribution >= 0.6 is 0 Å². The SMILES string of the molecule is COc1ccc(NC(=O)CS(=O)CC(C)N)cc1. The topological polar surface area (TPSA) is 81.4 Å². The fraction of sp³-hybridized carbons (Fsp3) is 0.417. The zero-order valence-electron chi connectivity index (χ0n) is 10.5. The second-order valence-electron chi connectivity index (χ2n) is 4.00. The summed E-state index contributed by atoms with van der Waals surface area (Å²) in [7, 11) is 0.353. The number of carbonyl (C=O) groups excluding carboxylic acids is 1. The van der Waals surface area contributed by atoms with Crippen molar-refractivity contribution in [1.29, 1.82) is 0 Å². The fourth-order valence-electron chi connectivity index (χ4n) is 1.37. The minimum atomic E-state index is -1.22. The highest BCUT2D eigenvalue weighted by atomic mass is 32.2. The maximum Gasteiger partial charge on any atom is 0.236 e. The molecule has 1 rings (SSSR count). The lowest BCUT2D eigenvalue weighted by molar-refractivity contribution is -0.113. The van der Waals surface area contributed by atoms with Gasteiger partial charge in [0.1, 0.15) is 11.5 Å². The van der Waals surface area contributed by atoms with Gasteiger partial charge in [0.2, 0.25) is 5.91 Å². The van der Waals surface area contributed by atoms with E-state index in [0.29, 0.717) is 17.2 Å². The van der Waals surface area contributed by atoms with E-state index in [9.17, 15) is 9.00 Å². The number of ether oxygens (including phenoxy) is 1. The lowest BCUT2D eigenvalue weighted by Gasteiger charge is -2.07. The summed E-state index contributed by atoms with van der Waals surface area (Å²) in [6.07, 6.45) is 0. The first kappa shape index (κ1) is 14.7. The van der Waals surface area contributed by atoms with Gasteiger partial charge in [-0.25, -0.2) is 0 Å². The van der Waals surface area contributed by atoms with Crippen LogP contribution in [0.15, 0.2) is 24.3 Å². The molecular formula is C12H18N2O3S. The van der Waals surface area contributed by atoms with Crippen LogP contribution in [0.4, 0.5) is 5.69 Å². The van der Waals surface area contributed by atoms with Crippen molar-refractivity contribution in [3.63, 3.8) is 0 Å². The molecule has 2 unspecified atom stereocenters. The minimum Gasteiger partial charge on any atom is -0.497 e. The average molecular weight is 270 g/mol. The van der Waals surface area contributed by atoms with Crippen molar-refractivity contribution in [3.05, 3.63) is 24.3 Å². The van der Waals surface area contributed by atoms with E-state index in [-0.39, 0.29) is 17.7 Å². The molecule has 1 aromatic carbocycles. The van der Waals surface area contributed by atoms with E-state index in [1.807, 2.05) is 0 Å². The molecule has 6 heteroatoms. The first-order valence-corrected chi connectivity index (χ1v) is 7.04. The Labute approximate surface area is 109 Å². The van der Waals surface area contributed by atoms with Gasteiger partial charge in [0, 0.05) is 28.3 Å². The highest BCUT2D eigenvalue weighted by Gasteiger charge is 2.10. The molecule has 18 heavy (non-hydrogen) atoms. The van der Waals surface area contributed by atoms with Crippen molar-refractivity contribution in [2.75, 3.05) is 23.9 Å². The lowest BCUT2D eigenvalue weighted by atomic mass is 10.3. The number of hydrogen-bond acceptors (Lipinski definition) is 4. The molecule has 0 aromatic heterocycles. The van der Waals surface area contributed by atoms with Crippen molar-refractivity contribution in [3.8, 4) is 5.75 Å². The Balaban J connectivity index is 2.46. The van der Waals surface area contributed by atoms with Crippen LogP contribution in [0.5, 0.6) is 5.75 Å². The molecular weight excluding hydrogens is 252 g/mol. The van der Waals surface area contributed by atoms with Crippen molar-refractivity contribution in [2.24, 2.45) is 5.73 Å². The van der Waals surface area contributed by atoms with Crippen LogP contribution < -0.4 is 15.8 Å². The molecule has 0 bridgehead atoms. The Bertz CT molecular complexity index is 418. The molecule has 0 aliphatic rings. The molecule has 1 amide bonds. The molecule has 100 valence electrons. The summed E-state index contributed by atoms with van der Waals surface area (Å²) in [5.41, 5.74) is 6.17. The van der Waals surface area contributed by atoms with E-state index in [2.05, 4.69) is 5.32 Å². The molecule has 0 saturated carbocycles. The summed E-state index contributed by atoms with van der Waals surface area (Å²) < 4.78 is 16.5. The molecule has 5 nitrogen and oxygen atoms in total. The molecule has 0 heterocycles. The molecule has 0 fully saturated rings. The Hall–Kier alpha value is -1.40. The number of amides is 1. The second-order valence-corrected chi connectivity index (χ2v) is 5.51. The smallest absolute Gasteiger partial charge is 0.236 e. The van der Waals surface area contributed by atoms with Crippen LogP contribution in [-0.4, -0.2) is 34.8 Å². The van der Waals surface area contributed by atoms with Gasteiger partial charge in [-0.3, -0.25) is 9.00 Å². The van der Waals surface area contributed by atoms with Crippen molar-refractivity contribution < 1.29 is 13.7 Å². The summed E-state index contributed by atoms with van der Waals surface area (Å²) >= 11 is 0. The first-order valence-electron chi connectivity index (χ1n) is 5.55. The van der Waals surface area contributed by atoms with E-state index in [1.165, 1.54) is 0 Å². The van der Waals surface area contributed by atoms with Crippen LogP contribution in [0.3, 0.4) is 0 Å². The van der Waals surface area contributed by atoms with Gasteiger partial charge >= 0.3 is 0 Å². The number of rotatable bonds is 6.